The van der Waals surface area contributed by atoms with Crippen LogP contribution < -0.4 is 14.8 Å². The predicted molar refractivity (Wildman–Crippen MR) is 86.5 cm³/mol. The molecule has 5 heteroatoms. The van der Waals surface area contributed by atoms with E-state index in [9.17, 15) is 9.90 Å². The van der Waals surface area contributed by atoms with Crippen LogP contribution in [0.5, 0.6) is 11.5 Å². The lowest BCUT2D eigenvalue weighted by atomic mass is 10.0. The second-order valence-corrected chi connectivity index (χ2v) is 5.73. The summed E-state index contributed by atoms with van der Waals surface area (Å²) < 4.78 is 10.9. The maximum atomic E-state index is 11.3. The zero-order chi connectivity index (χ0) is 16.5. The molecule has 124 valence electrons. The van der Waals surface area contributed by atoms with E-state index in [1.54, 1.807) is 7.11 Å². The summed E-state index contributed by atoms with van der Waals surface area (Å²) in [5.74, 6) is 0.895. The minimum absolute atomic E-state index is 0.327. The van der Waals surface area contributed by atoms with Crippen molar-refractivity contribution in [2.24, 2.45) is 5.92 Å². The molecule has 1 rings (SSSR count). The first-order chi connectivity index (χ1) is 10.5. The molecule has 0 saturated carbocycles. The van der Waals surface area contributed by atoms with Crippen molar-refractivity contribution in [3.63, 3.8) is 0 Å². The monoisotopic (exact) mass is 309 g/mol. The first-order valence-electron chi connectivity index (χ1n) is 7.73. The van der Waals surface area contributed by atoms with E-state index < -0.39 is 12.0 Å². The van der Waals surface area contributed by atoms with Crippen molar-refractivity contribution in [1.29, 1.82) is 0 Å². The van der Waals surface area contributed by atoms with E-state index in [1.807, 2.05) is 39.0 Å². The van der Waals surface area contributed by atoms with Gasteiger partial charge in [0.25, 0.3) is 0 Å². The number of aliphatic carboxylic acids is 1. The summed E-state index contributed by atoms with van der Waals surface area (Å²) in [6.07, 6.45) is 1.52. The highest BCUT2D eigenvalue weighted by atomic mass is 16.5. The Morgan fingerprint density at radius 3 is 2.59 bits per heavy atom. The summed E-state index contributed by atoms with van der Waals surface area (Å²) in [4.78, 5) is 11.3. The number of carboxylic acids is 1. The minimum atomic E-state index is -0.815. The fourth-order valence-corrected chi connectivity index (χ4v) is 2.14. The average Bonchev–Trinajstić information content (AvgIpc) is 2.48. The Morgan fingerprint density at radius 1 is 1.32 bits per heavy atom. The lowest BCUT2D eigenvalue weighted by molar-refractivity contribution is -0.140. The van der Waals surface area contributed by atoms with Gasteiger partial charge < -0.3 is 19.9 Å². The van der Waals surface area contributed by atoms with Gasteiger partial charge in [-0.05, 0) is 36.5 Å². The maximum Gasteiger partial charge on any atom is 0.320 e. The molecule has 1 aromatic rings. The molecule has 1 atom stereocenters. The van der Waals surface area contributed by atoms with E-state index in [0.29, 0.717) is 37.0 Å². The first kappa shape index (κ1) is 18.3. The summed E-state index contributed by atoms with van der Waals surface area (Å²) >= 11 is 0. The lowest BCUT2D eigenvalue weighted by Gasteiger charge is -2.17. The molecule has 1 aromatic carbocycles. The summed E-state index contributed by atoms with van der Waals surface area (Å²) in [7, 11) is 1.61. The van der Waals surface area contributed by atoms with Gasteiger partial charge in [0.05, 0.1) is 13.7 Å². The summed E-state index contributed by atoms with van der Waals surface area (Å²) in [5.41, 5.74) is 0.974. The summed E-state index contributed by atoms with van der Waals surface area (Å²) in [6.45, 7) is 7.18. The van der Waals surface area contributed by atoms with Crippen molar-refractivity contribution in [3.8, 4) is 11.5 Å². The molecule has 0 spiro atoms. The van der Waals surface area contributed by atoms with Crippen LogP contribution in [0.3, 0.4) is 0 Å². The second kappa shape index (κ2) is 9.30. The van der Waals surface area contributed by atoms with Gasteiger partial charge in [-0.15, -0.1) is 0 Å². The van der Waals surface area contributed by atoms with Crippen LogP contribution in [0.15, 0.2) is 18.2 Å². The van der Waals surface area contributed by atoms with E-state index in [1.165, 1.54) is 0 Å². The Balaban J connectivity index is 2.73. The van der Waals surface area contributed by atoms with Gasteiger partial charge in [-0.3, -0.25) is 4.79 Å². The smallest absolute Gasteiger partial charge is 0.320 e. The number of methoxy groups -OCH3 is 1. The van der Waals surface area contributed by atoms with Crippen molar-refractivity contribution in [3.05, 3.63) is 23.8 Å². The van der Waals surface area contributed by atoms with E-state index in [0.717, 1.165) is 12.0 Å². The van der Waals surface area contributed by atoms with Crippen LogP contribution >= 0.6 is 0 Å². The van der Waals surface area contributed by atoms with Gasteiger partial charge in [-0.1, -0.05) is 26.8 Å². The van der Waals surface area contributed by atoms with E-state index in [4.69, 9.17) is 9.47 Å². The highest BCUT2D eigenvalue weighted by Crippen LogP contribution is 2.28. The quantitative estimate of drug-likeness (QED) is 0.695. The van der Waals surface area contributed by atoms with Crippen LogP contribution in [-0.2, 0) is 11.3 Å². The fraction of sp³-hybridized carbons (Fsp3) is 0.588. The molecule has 0 fully saturated rings. The highest BCUT2D eigenvalue weighted by Gasteiger charge is 2.18. The maximum absolute atomic E-state index is 11.3. The van der Waals surface area contributed by atoms with Crippen molar-refractivity contribution in [2.75, 3.05) is 13.7 Å². The molecule has 0 saturated heterocycles. The Bertz CT molecular complexity index is 474. The third-order valence-corrected chi connectivity index (χ3v) is 3.25. The number of carboxylic acid groups (broad SMARTS) is 1. The largest absolute Gasteiger partial charge is 0.493 e. The highest BCUT2D eigenvalue weighted by molar-refractivity contribution is 5.73. The molecular formula is C17H27NO4. The number of nitrogens with one attached hydrogen (secondary N) is 1. The standard InChI is InChI=1S/C17H27NO4/c1-5-8-22-16-10-13(6-7-15(16)21-4)11-18-14(17(19)20)9-12(2)3/h6-7,10,12,14,18H,5,8-9,11H2,1-4H3,(H,19,20). The number of ether oxygens (including phenoxy) is 2. The predicted octanol–water partition coefficient (Wildman–Crippen LogP) is 3.07. The van der Waals surface area contributed by atoms with Crippen LogP contribution in [0.2, 0.25) is 0 Å². The van der Waals surface area contributed by atoms with Crippen molar-refractivity contribution < 1.29 is 19.4 Å². The molecule has 0 aromatic heterocycles. The third kappa shape index (κ3) is 5.93. The minimum Gasteiger partial charge on any atom is -0.493 e. The van der Waals surface area contributed by atoms with Crippen LogP contribution in [0.4, 0.5) is 0 Å². The second-order valence-electron chi connectivity index (χ2n) is 5.73. The number of carbonyl (C=O) groups is 1. The first-order valence-corrected chi connectivity index (χ1v) is 7.73. The normalized spacial score (nSPS) is 12.2. The third-order valence-electron chi connectivity index (χ3n) is 3.25. The molecule has 0 aliphatic heterocycles. The van der Waals surface area contributed by atoms with Gasteiger partial charge in [-0.2, -0.15) is 0 Å². The lowest BCUT2D eigenvalue weighted by Crippen LogP contribution is -2.37. The molecule has 5 nitrogen and oxygen atoms in total. The van der Waals surface area contributed by atoms with Gasteiger partial charge in [0.15, 0.2) is 11.5 Å². The number of benzene rings is 1. The molecule has 22 heavy (non-hydrogen) atoms. The summed E-state index contributed by atoms with van der Waals surface area (Å²) in [6, 6.07) is 5.12. The number of hydrogen-bond donors (Lipinski definition) is 2. The molecule has 2 N–H and O–H groups in total. The van der Waals surface area contributed by atoms with Gasteiger partial charge >= 0.3 is 5.97 Å². The molecule has 0 heterocycles. The Labute approximate surface area is 132 Å². The van der Waals surface area contributed by atoms with Gasteiger partial charge in [0.1, 0.15) is 6.04 Å². The molecule has 0 radical (unpaired) electrons. The topological polar surface area (TPSA) is 67.8 Å². The van der Waals surface area contributed by atoms with E-state index in [-0.39, 0.29) is 0 Å². The zero-order valence-corrected chi connectivity index (χ0v) is 13.9. The molecule has 0 aliphatic rings. The van der Waals surface area contributed by atoms with Crippen LogP contribution in [-0.4, -0.2) is 30.8 Å². The molecule has 0 aliphatic carbocycles. The number of rotatable bonds is 10. The molecular weight excluding hydrogens is 282 g/mol. The van der Waals surface area contributed by atoms with Crippen LogP contribution in [0, 0.1) is 5.92 Å². The SMILES string of the molecule is CCCOc1cc(CNC(CC(C)C)C(=O)O)ccc1OC. The van der Waals surface area contributed by atoms with Crippen molar-refractivity contribution >= 4 is 5.97 Å². The Kier molecular flexibility index (Phi) is 7.74. The van der Waals surface area contributed by atoms with E-state index >= 15 is 0 Å². The van der Waals surface area contributed by atoms with Crippen LogP contribution in [0.1, 0.15) is 39.2 Å². The van der Waals surface area contributed by atoms with Gasteiger partial charge in [-0.25, -0.2) is 0 Å². The average molecular weight is 309 g/mol. The van der Waals surface area contributed by atoms with Crippen LogP contribution in [0.25, 0.3) is 0 Å². The van der Waals surface area contributed by atoms with Crippen molar-refractivity contribution in [2.45, 2.75) is 46.2 Å². The Morgan fingerprint density at radius 2 is 2.05 bits per heavy atom. The zero-order valence-electron chi connectivity index (χ0n) is 13.9. The fourth-order valence-electron chi connectivity index (χ4n) is 2.14. The molecule has 1 unspecified atom stereocenters. The Hall–Kier alpha value is -1.75. The summed E-state index contributed by atoms with van der Waals surface area (Å²) in [5, 5.41) is 12.3. The molecule has 0 amide bonds. The van der Waals surface area contributed by atoms with Gasteiger partial charge in [0.2, 0.25) is 0 Å². The van der Waals surface area contributed by atoms with Crippen molar-refractivity contribution in [1.82, 2.24) is 5.32 Å². The van der Waals surface area contributed by atoms with Gasteiger partial charge in [0, 0.05) is 6.54 Å². The van der Waals surface area contributed by atoms with E-state index in [2.05, 4.69) is 5.32 Å². The number of hydrogen-bond acceptors (Lipinski definition) is 4. The molecule has 0 bridgehead atoms.